The summed E-state index contributed by atoms with van der Waals surface area (Å²) in [5.74, 6) is 2.12. The second-order valence-electron chi connectivity index (χ2n) is 4.15. The zero-order chi connectivity index (χ0) is 12.9. The summed E-state index contributed by atoms with van der Waals surface area (Å²) in [5, 5.41) is 3.45. The van der Waals surface area contributed by atoms with Crippen LogP contribution in [0.25, 0.3) is 5.65 Å². The number of nitrogens with one attached hydrogen (secondary N) is 1. The van der Waals surface area contributed by atoms with Gasteiger partial charge in [-0.15, -0.1) is 11.8 Å². The average molecular weight is 269 g/mol. The van der Waals surface area contributed by atoms with E-state index < -0.39 is 0 Å². The van der Waals surface area contributed by atoms with Crippen molar-refractivity contribution in [3.8, 4) is 0 Å². The first-order valence-electron chi connectivity index (χ1n) is 6.27. The molecule has 3 rings (SSSR count). The van der Waals surface area contributed by atoms with E-state index >= 15 is 0 Å². The van der Waals surface area contributed by atoms with Crippen molar-refractivity contribution in [3.63, 3.8) is 0 Å². The van der Waals surface area contributed by atoms with Crippen molar-refractivity contribution in [2.75, 3.05) is 17.6 Å². The third-order valence-corrected chi connectivity index (χ3v) is 3.86. The molecule has 3 aromatic rings. The van der Waals surface area contributed by atoms with Gasteiger partial charge in [-0.1, -0.05) is 24.3 Å². The number of pyridine rings is 1. The molecule has 0 fully saturated rings. The van der Waals surface area contributed by atoms with Gasteiger partial charge < -0.3 is 5.32 Å². The minimum atomic E-state index is 0.927. The fourth-order valence-electron chi connectivity index (χ4n) is 1.96. The molecule has 0 aliphatic heterocycles. The van der Waals surface area contributed by atoms with Crippen LogP contribution in [0, 0.1) is 0 Å². The van der Waals surface area contributed by atoms with Crippen LogP contribution in [0.2, 0.25) is 0 Å². The minimum Gasteiger partial charge on any atom is -0.370 e. The van der Waals surface area contributed by atoms with Gasteiger partial charge >= 0.3 is 0 Å². The first kappa shape index (κ1) is 12.1. The predicted molar refractivity (Wildman–Crippen MR) is 80.8 cm³/mol. The Kier molecular flexibility index (Phi) is 3.70. The van der Waals surface area contributed by atoms with Crippen LogP contribution in [-0.2, 0) is 0 Å². The van der Waals surface area contributed by atoms with Gasteiger partial charge in [-0.25, -0.2) is 4.98 Å². The molecule has 3 nitrogen and oxygen atoms in total. The van der Waals surface area contributed by atoms with Gasteiger partial charge in [-0.05, 0) is 24.3 Å². The SMILES string of the molecule is c1ccc(SCCNc2cccc3nccn23)cc1. The molecule has 1 aromatic carbocycles. The maximum Gasteiger partial charge on any atom is 0.138 e. The van der Waals surface area contributed by atoms with E-state index in [-0.39, 0.29) is 0 Å². The fourth-order valence-corrected chi connectivity index (χ4v) is 2.75. The molecule has 1 N–H and O–H groups in total. The standard InChI is InChI=1S/C15H15N3S/c1-2-5-13(6-3-1)19-12-10-17-15-8-4-7-14-16-9-11-18(14)15/h1-9,11,17H,10,12H2. The van der Waals surface area contributed by atoms with Gasteiger partial charge in [0.2, 0.25) is 0 Å². The topological polar surface area (TPSA) is 29.3 Å². The molecule has 0 saturated heterocycles. The van der Waals surface area contributed by atoms with E-state index in [1.165, 1.54) is 4.90 Å². The predicted octanol–water partition coefficient (Wildman–Crippen LogP) is 3.54. The van der Waals surface area contributed by atoms with E-state index in [1.807, 2.05) is 42.4 Å². The van der Waals surface area contributed by atoms with Crippen LogP contribution >= 0.6 is 11.8 Å². The minimum absolute atomic E-state index is 0.927. The Morgan fingerprint density at radius 1 is 1.05 bits per heavy atom. The Balaban J connectivity index is 1.57. The molecule has 0 aliphatic carbocycles. The van der Waals surface area contributed by atoms with Crippen LogP contribution in [0.15, 0.2) is 65.8 Å². The maximum atomic E-state index is 4.27. The number of thioether (sulfide) groups is 1. The number of aromatic nitrogens is 2. The highest BCUT2D eigenvalue weighted by Crippen LogP contribution is 2.17. The number of imidazole rings is 1. The van der Waals surface area contributed by atoms with Gasteiger partial charge in [-0.3, -0.25) is 4.40 Å². The lowest BCUT2D eigenvalue weighted by atomic mass is 10.4. The summed E-state index contributed by atoms with van der Waals surface area (Å²) in [4.78, 5) is 5.58. The van der Waals surface area contributed by atoms with E-state index in [1.54, 1.807) is 0 Å². The molecule has 96 valence electrons. The van der Waals surface area contributed by atoms with Crippen LogP contribution in [-0.4, -0.2) is 21.7 Å². The Morgan fingerprint density at radius 3 is 2.84 bits per heavy atom. The fraction of sp³-hybridized carbons (Fsp3) is 0.133. The second-order valence-corrected chi connectivity index (χ2v) is 5.32. The number of anilines is 1. The van der Waals surface area contributed by atoms with Crippen molar-refractivity contribution >= 4 is 23.2 Å². The van der Waals surface area contributed by atoms with Gasteiger partial charge in [0, 0.05) is 29.6 Å². The van der Waals surface area contributed by atoms with Gasteiger partial charge in [0.15, 0.2) is 0 Å². The average Bonchev–Trinajstić information content (AvgIpc) is 2.94. The van der Waals surface area contributed by atoms with E-state index in [0.717, 1.165) is 23.8 Å². The molecule has 0 spiro atoms. The molecular weight excluding hydrogens is 254 g/mol. The zero-order valence-corrected chi connectivity index (χ0v) is 11.3. The number of benzene rings is 1. The lowest BCUT2D eigenvalue weighted by Gasteiger charge is -2.08. The molecule has 2 heterocycles. The van der Waals surface area contributed by atoms with Crippen molar-refractivity contribution in [1.82, 2.24) is 9.38 Å². The number of nitrogens with zero attached hydrogens (tertiary/aromatic N) is 2. The van der Waals surface area contributed by atoms with Crippen molar-refractivity contribution in [2.45, 2.75) is 4.90 Å². The number of rotatable bonds is 5. The van der Waals surface area contributed by atoms with Crippen LogP contribution in [0.5, 0.6) is 0 Å². The van der Waals surface area contributed by atoms with Gasteiger partial charge in [-0.2, -0.15) is 0 Å². The summed E-state index contributed by atoms with van der Waals surface area (Å²) in [6, 6.07) is 16.6. The summed E-state index contributed by atoms with van der Waals surface area (Å²) in [6.07, 6.45) is 3.79. The number of fused-ring (bicyclic) bond motifs is 1. The molecule has 19 heavy (non-hydrogen) atoms. The van der Waals surface area contributed by atoms with Crippen LogP contribution in [0.3, 0.4) is 0 Å². The molecule has 0 saturated carbocycles. The normalized spacial score (nSPS) is 10.7. The Morgan fingerprint density at radius 2 is 1.95 bits per heavy atom. The van der Waals surface area contributed by atoms with E-state index in [4.69, 9.17) is 0 Å². The quantitative estimate of drug-likeness (QED) is 0.567. The molecule has 0 unspecified atom stereocenters. The maximum absolute atomic E-state index is 4.27. The summed E-state index contributed by atoms with van der Waals surface area (Å²) in [5.41, 5.74) is 0.973. The summed E-state index contributed by atoms with van der Waals surface area (Å²) in [7, 11) is 0. The molecule has 0 bridgehead atoms. The third kappa shape index (κ3) is 2.90. The van der Waals surface area contributed by atoms with Crippen molar-refractivity contribution in [3.05, 3.63) is 60.9 Å². The van der Waals surface area contributed by atoms with Crippen molar-refractivity contribution < 1.29 is 0 Å². The molecule has 0 radical (unpaired) electrons. The van der Waals surface area contributed by atoms with Gasteiger partial charge in [0.05, 0.1) is 0 Å². The molecule has 4 heteroatoms. The zero-order valence-electron chi connectivity index (χ0n) is 10.5. The van der Waals surface area contributed by atoms with Crippen LogP contribution in [0.1, 0.15) is 0 Å². The van der Waals surface area contributed by atoms with Gasteiger partial charge in [0.1, 0.15) is 11.5 Å². The molecule has 0 atom stereocenters. The van der Waals surface area contributed by atoms with Gasteiger partial charge in [0.25, 0.3) is 0 Å². The third-order valence-electron chi connectivity index (χ3n) is 2.85. The summed E-state index contributed by atoms with van der Waals surface area (Å²) < 4.78 is 2.06. The summed E-state index contributed by atoms with van der Waals surface area (Å²) >= 11 is 1.86. The van der Waals surface area contributed by atoms with Crippen LogP contribution in [0.4, 0.5) is 5.82 Å². The highest BCUT2D eigenvalue weighted by molar-refractivity contribution is 7.99. The van der Waals surface area contributed by atoms with E-state index in [9.17, 15) is 0 Å². The monoisotopic (exact) mass is 269 g/mol. The molecule has 0 amide bonds. The lowest BCUT2D eigenvalue weighted by Crippen LogP contribution is -2.07. The van der Waals surface area contributed by atoms with Crippen molar-refractivity contribution in [2.24, 2.45) is 0 Å². The molecule has 2 aromatic heterocycles. The summed E-state index contributed by atoms with van der Waals surface area (Å²) in [6.45, 7) is 0.927. The highest BCUT2D eigenvalue weighted by Gasteiger charge is 1.99. The molecular formula is C15H15N3S. The lowest BCUT2D eigenvalue weighted by molar-refractivity contribution is 1.11. The first-order valence-corrected chi connectivity index (χ1v) is 7.26. The van der Waals surface area contributed by atoms with E-state index in [0.29, 0.717) is 0 Å². The Bertz CT molecular complexity index is 649. The second kappa shape index (κ2) is 5.80. The Hall–Kier alpha value is -1.94. The first-order chi connectivity index (χ1) is 9.43. The molecule has 0 aliphatic rings. The smallest absolute Gasteiger partial charge is 0.138 e. The Labute approximate surface area is 116 Å². The van der Waals surface area contributed by atoms with Crippen LogP contribution < -0.4 is 5.32 Å². The highest BCUT2D eigenvalue weighted by atomic mass is 32.2. The van der Waals surface area contributed by atoms with Crippen molar-refractivity contribution in [1.29, 1.82) is 0 Å². The largest absolute Gasteiger partial charge is 0.370 e. The number of hydrogen-bond donors (Lipinski definition) is 1. The number of hydrogen-bond acceptors (Lipinski definition) is 3. The van der Waals surface area contributed by atoms with E-state index in [2.05, 4.69) is 45.0 Å².